The minimum atomic E-state index is -0.00940. The average molecular weight is 269 g/mol. The highest BCUT2D eigenvalue weighted by molar-refractivity contribution is 6.32. The fourth-order valence-corrected chi connectivity index (χ4v) is 2.32. The van der Waals surface area contributed by atoms with Crippen molar-refractivity contribution >= 4 is 23.2 Å². The SMILES string of the molecule is CCOC1CC(CC(=O)Nc2cccnc2Cl)C1. The molecule has 98 valence electrons. The first-order chi connectivity index (χ1) is 8.69. The normalized spacial score (nSPS) is 22.3. The van der Waals surface area contributed by atoms with E-state index in [0.29, 0.717) is 29.3 Å². The number of anilines is 1. The lowest BCUT2D eigenvalue weighted by atomic mass is 9.80. The predicted molar refractivity (Wildman–Crippen MR) is 70.6 cm³/mol. The van der Waals surface area contributed by atoms with Gasteiger partial charge in [-0.25, -0.2) is 4.98 Å². The molecule has 1 aromatic rings. The van der Waals surface area contributed by atoms with Crippen LogP contribution >= 0.6 is 11.6 Å². The molecule has 4 nitrogen and oxygen atoms in total. The summed E-state index contributed by atoms with van der Waals surface area (Å²) in [6.07, 6.45) is 4.41. The van der Waals surface area contributed by atoms with E-state index in [-0.39, 0.29) is 5.91 Å². The molecular weight excluding hydrogens is 252 g/mol. The minimum absolute atomic E-state index is 0.00940. The zero-order chi connectivity index (χ0) is 13.0. The monoisotopic (exact) mass is 268 g/mol. The number of hydrogen-bond acceptors (Lipinski definition) is 3. The Labute approximate surface area is 112 Å². The summed E-state index contributed by atoms with van der Waals surface area (Å²) in [6.45, 7) is 2.74. The van der Waals surface area contributed by atoms with Crippen molar-refractivity contribution in [1.82, 2.24) is 4.98 Å². The Kier molecular flexibility index (Phi) is 4.55. The van der Waals surface area contributed by atoms with E-state index in [9.17, 15) is 4.79 Å². The van der Waals surface area contributed by atoms with E-state index in [2.05, 4.69) is 10.3 Å². The molecule has 0 spiro atoms. The van der Waals surface area contributed by atoms with Crippen LogP contribution in [0.5, 0.6) is 0 Å². The Morgan fingerprint density at radius 2 is 2.39 bits per heavy atom. The van der Waals surface area contributed by atoms with Gasteiger partial charge in [-0.05, 0) is 37.8 Å². The van der Waals surface area contributed by atoms with Gasteiger partial charge in [-0.3, -0.25) is 4.79 Å². The molecule has 0 bridgehead atoms. The van der Waals surface area contributed by atoms with Crippen molar-refractivity contribution in [2.24, 2.45) is 5.92 Å². The van der Waals surface area contributed by atoms with Gasteiger partial charge in [0.25, 0.3) is 0 Å². The van der Waals surface area contributed by atoms with Gasteiger partial charge in [0, 0.05) is 19.2 Å². The largest absolute Gasteiger partial charge is 0.378 e. The molecule has 18 heavy (non-hydrogen) atoms. The molecule has 1 N–H and O–H groups in total. The van der Waals surface area contributed by atoms with Gasteiger partial charge in [0.15, 0.2) is 5.15 Å². The van der Waals surface area contributed by atoms with E-state index in [0.717, 1.165) is 19.4 Å². The lowest BCUT2D eigenvalue weighted by Crippen LogP contribution is -2.33. The second-order valence-corrected chi connectivity index (χ2v) is 4.87. The first-order valence-corrected chi connectivity index (χ1v) is 6.58. The molecule has 0 saturated heterocycles. The molecule has 1 fully saturated rings. The smallest absolute Gasteiger partial charge is 0.224 e. The van der Waals surface area contributed by atoms with E-state index in [4.69, 9.17) is 16.3 Å². The van der Waals surface area contributed by atoms with Crippen molar-refractivity contribution in [1.29, 1.82) is 0 Å². The van der Waals surface area contributed by atoms with Crippen LogP contribution in [0.4, 0.5) is 5.69 Å². The number of pyridine rings is 1. The molecule has 1 heterocycles. The Balaban J connectivity index is 1.75. The fourth-order valence-electron chi connectivity index (χ4n) is 2.16. The number of hydrogen-bond donors (Lipinski definition) is 1. The molecule has 1 aliphatic rings. The number of nitrogens with one attached hydrogen (secondary N) is 1. The van der Waals surface area contributed by atoms with Crippen molar-refractivity contribution in [3.8, 4) is 0 Å². The highest BCUT2D eigenvalue weighted by atomic mass is 35.5. The Hall–Kier alpha value is -1.13. The van der Waals surface area contributed by atoms with Gasteiger partial charge in [0.2, 0.25) is 5.91 Å². The van der Waals surface area contributed by atoms with E-state index in [1.807, 2.05) is 6.92 Å². The van der Waals surface area contributed by atoms with Gasteiger partial charge in [0.1, 0.15) is 0 Å². The van der Waals surface area contributed by atoms with Crippen LogP contribution in [-0.2, 0) is 9.53 Å². The van der Waals surface area contributed by atoms with Crippen molar-refractivity contribution in [2.75, 3.05) is 11.9 Å². The lowest BCUT2D eigenvalue weighted by Gasteiger charge is -2.34. The maximum absolute atomic E-state index is 11.8. The average Bonchev–Trinajstić information content (AvgIpc) is 2.29. The van der Waals surface area contributed by atoms with Crippen LogP contribution in [0.1, 0.15) is 26.2 Å². The van der Waals surface area contributed by atoms with Gasteiger partial charge in [0.05, 0.1) is 11.8 Å². The van der Waals surface area contributed by atoms with Crippen molar-refractivity contribution < 1.29 is 9.53 Å². The minimum Gasteiger partial charge on any atom is -0.378 e. The van der Waals surface area contributed by atoms with Gasteiger partial charge < -0.3 is 10.1 Å². The molecule has 1 saturated carbocycles. The second kappa shape index (κ2) is 6.16. The maximum Gasteiger partial charge on any atom is 0.224 e. The first-order valence-electron chi connectivity index (χ1n) is 6.21. The quantitative estimate of drug-likeness (QED) is 0.836. The third-order valence-corrected chi connectivity index (χ3v) is 3.40. The highest BCUT2D eigenvalue weighted by Crippen LogP contribution is 2.33. The van der Waals surface area contributed by atoms with Crippen molar-refractivity contribution in [2.45, 2.75) is 32.3 Å². The number of amides is 1. The van der Waals surface area contributed by atoms with Crippen LogP contribution in [0.15, 0.2) is 18.3 Å². The Morgan fingerprint density at radius 1 is 1.61 bits per heavy atom. The summed E-state index contributed by atoms with van der Waals surface area (Å²) in [6, 6.07) is 3.49. The Morgan fingerprint density at radius 3 is 3.06 bits per heavy atom. The van der Waals surface area contributed by atoms with E-state index < -0.39 is 0 Å². The zero-order valence-corrected chi connectivity index (χ0v) is 11.1. The lowest BCUT2D eigenvalue weighted by molar-refractivity contribution is -0.119. The molecule has 0 radical (unpaired) electrons. The standard InChI is InChI=1S/C13H17ClN2O2/c1-2-18-10-6-9(7-10)8-12(17)16-11-4-3-5-15-13(11)14/h3-5,9-10H,2,6-8H2,1H3,(H,16,17). The highest BCUT2D eigenvalue weighted by Gasteiger charge is 2.31. The number of ether oxygens (including phenoxy) is 1. The molecule has 1 aliphatic carbocycles. The molecule has 1 aromatic heterocycles. The van der Waals surface area contributed by atoms with E-state index in [1.54, 1.807) is 18.3 Å². The number of aromatic nitrogens is 1. The molecule has 1 amide bonds. The van der Waals surface area contributed by atoms with E-state index in [1.165, 1.54) is 0 Å². The summed E-state index contributed by atoms with van der Waals surface area (Å²) in [7, 11) is 0. The fraction of sp³-hybridized carbons (Fsp3) is 0.538. The summed E-state index contributed by atoms with van der Waals surface area (Å²) >= 11 is 5.87. The van der Waals surface area contributed by atoms with Crippen LogP contribution in [0.25, 0.3) is 0 Å². The molecule has 0 unspecified atom stereocenters. The number of halogens is 1. The number of rotatable bonds is 5. The van der Waals surface area contributed by atoms with Crippen LogP contribution < -0.4 is 5.32 Å². The molecule has 0 aliphatic heterocycles. The molecule has 0 atom stereocenters. The first kappa shape index (κ1) is 13.3. The van der Waals surface area contributed by atoms with Crippen LogP contribution in [0, 0.1) is 5.92 Å². The van der Waals surface area contributed by atoms with Crippen LogP contribution in [0.2, 0.25) is 5.15 Å². The third-order valence-electron chi connectivity index (χ3n) is 3.10. The summed E-state index contributed by atoms with van der Waals surface area (Å²) in [5.41, 5.74) is 0.574. The second-order valence-electron chi connectivity index (χ2n) is 4.51. The summed E-state index contributed by atoms with van der Waals surface area (Å²) in [5, 5.41) is 3.11. The maximum atomic E-state index is 11.8. The molecule has 0 aromatic carbocycles. The summed E-state index contributed by atoms with van der Waals surface area (Å²) in [5.74, 6) is 0.418. The predicted octanol–water partition coefficient (Wildman–Crippen LogP) is 2.88. The van der Waals surface area contributed by atoms with Crippen LogP contribution in [-0.4, -0.2) is 23.6 Å². The number of carbonyl (C=O) groups is 1. The van der Waals surface area contributed by atoms with Gasteiger partial charge in [-0.1, -0.05) is 11.6 Å². The van der Waals surface area contributed by atoms with Crippen molar-refractivity contribution in [3.63, 3.8) is 0 Å². The van der Waals surface area contributed by atoms with Crippen molar-refractivity contribution in [3.05, 3.63) is 23.5 Å². The summed E-state index contributed by atoms with van der Waals surface area (Å²) in [4.78, 5) is 15.7. The van der Waals surface area contributed by atoms with Gasteiger partial charge >= 0.3 is 0 Å². The van der Waals surface area contributed by atoms with Gasteiger partial charge in [-0.2, -0.15) is 0 Å². The Bertz CT molecular complexity index is 419. The van der Waals surface area contributed by atoms with E-state index >= 15 is 0 Å². The molecular formula is C13H17ClN2O2. The third kappa shape index (κ3) is 3.43. The topological polar surface area (TPSA) is 51.2 Å². The van der Waals surface area contributed by atoms with Gasteiger partial charge in [-0.15, -0.1) is 0 Å². The molecule has 2 rings (SSSR count). The molecule has 5 heteroatoms. The number of nitrogens with zero attached hydrogens (tertiary/aromatic N) is 1. The zero-order valence-electron chi connectivity index (χ0n) is 10.4. The number of carbonyl (C=O) groups excluding carboxylic acids is 1. The van der Waals surface area contributed by atoms with Crippen LogP contribution in [0.3, 0.4) is 0 Å². The summed E-state index contributed by atoms with van der Waals surface area (Å²) < 4.78 is 5.46.